The lowest BCUT2D eigenvalue weighted by molar-refractivity contribution is 0.0692. The van der Waals surface area contributed by atoms with E-state index in [4.69, 9.17) is 10.00 Å². The first kappa shape index (κ1) is 21.2. The highest BCUT2D eigenvalue weighted by molar-refractivity contribution is 8.03. The number of likely N-dealkylation sites (tertiary alicyclic amines) is 2. The van der Waals surface area contributed by atoms with E-state index in [1.54, 1.807) is 12.1 Å². The van der Waals surface area contributed by atoms with Crippen LogP contribution in [0.3, 0.4) is 0 Å². The molecule has 5 nitrogen and oxygen atoms in total. The summed E-state index contributed by atoms with van der Waals surface area (Å²) < 4.78 is 20.5. The maximum atomic E-state index is 14.8. The van der Waals surface area contributed by atoms with Crippen molar-refractivity contribution in [3.8, 4) is 11.8 Å². The molecule has 2 fully saturated rings. The maximum absolute atomic E-state index is 14.8. The van der Waals surface area contributed by atoms with Crippen molar-refractivity contribution in [2.45, 2.75) is 44.7 Å². The van der Waals surface area contributed by atoms with Crippen LogP contribution in [0.2, 0.25) is 0 Å². The van der Waals surface area contributed by atoms with E-state index in [2.05, 4.69) is 17.9 Å². The molecule has 3 aliphatic rings. The Morgan fingerprint density at radius 2 is 2.17 bits per heavy atom. The van der Waals surface area contributed by atoms with Gasteiger partial charge in [0, 0.05) is 42.9 Å². The summed E-state index contributed by atoms with van der Waals surface area (Å²) in [6.07, 6.45) is 6.27. The molecule has 0 spiro atoms. The maximum Gasteiger partial charge on any atom is 0.257 e. The smallest absolute Gasteiger partial charge is 0.257 e. The monoisotopic (exact) mass is 429 g/mol. The minimum atomic E-state index is -0.535. The summed E-state index contributed by atoms with van der Waals surface area (Å²) in [6.45, 7) is 5.30. The van der Waals surface area contributed by atoms with Crippen LogP contribution in [0.5, 0.6) is 5.75 Å². The normalized spacial score (nSPS) is 26.6. The van der Waals surface area contributed by atoms with Crippen LogP contribution in [0.4, 0.5) is 4.39 Å². The van der Waals surface area contributed by atoms with Gasteiger partial charge in [0.25, 0.3) is 5.91 Å². The Bertz CT molecular complexity index is 868. The molecule has 3 aliphatic heterocycles. The van der Waals surface area contributed by atoms with Gasteiger partial charge in [-0.05, 0) is 51.3 Å². The third kappa shape index (κ3) is 4.65. The van der Waals surface area contributed by atoms with E-state index in [9.17, 15) is 9.18 Å². The van der Waals surface area contributed by atoms with Crippen LogP contribution in [0, 0.1) is 23.1 Å². The third-order valence-corrected chi connectivity index (χ3v) is 7.49. The number of amides is 1. The molecule has 0 saturated carbocycles. The van der Waals surface area contributed by atoms with Gasteiger partial charge in [-0.3, -0.25) is 9.69 Å². The Hall–Kier alpha value is -2.04. The Morgan fingerprint density at radius 1 is 1.33 bits per heavy atom. The van der Waals surface area contributed by atoms with E-state index >= 15 is 0 Å². The first-order valence-corrected chi connectivity index (χ1v) is 11.8. The van der Waals surface area contributed by atoms with E-state index in [0.29, 0.717) is 29.8 Å². The summed E-state index contributed by atoms with van der Waals surface area (Å²) >= 11 is 1.51. The average Bonchev–Trinajstić information content (AvgIpc) is 3.48. The van der Waals surface area contributed by atoms with Crippen LogP contribution in [0.25, 0.3) is 0 Å². The highest BCUT2D eigenvalue weighted by Crippen LogP contribution is 2.30. The molecule has 1 aromatic carbocycles. The van der Waals surface area contributed by atoms with Crippen LogP contribution in [-0.2, 0) is 0 Å². The molecule has 7 heteroatoms. The topological polar surface area (TPSA) is 56.6 Å². The summed E-state index contributed by atoms with van der Waals surface area (Å²) in [5, 5.41) is 8.92. The van der Waals surface area contributed by atoms with Gasteiger partial charge in [-0.1, -0.05) is 6.08 Å². The van der Waals surface area contributed by atoms with Gasteiger partial charge in [0.1, 0.15) is 17.6 Å². The van der Waals surface area contributed by atoms with E-state index in [0.717, 1.165) is 31.7 Å². The number of nitrogens with zero attached hydrogens (tertiary/aromatic N) is 3. The second kappa shape index (κ2) is 9.40. The molecule has 2 saturated heterocycles. The van der Waals surface area contributed by atoms with Crippen molar-refractivity contribution < 1.29 is 13.9 Å². The van der Waals surface area contributed by atoms with E-state index in [1.807, 2.05) is 11.0 Å². The second-order valence-electron chi connectivity index (χ2n) is 8.45. The molecule has 30 heavy (non-hydrogen) atoms. The van der Waals surface area contributed by atoms with Crippen molar-refractivity contribution >= 4 is 17.7 Å². The van der Waals surface area contributed by atoms with E-state index in [1.165, 1.54) is 30.7 Å². The van der Waals surface area contributed by atoms with Gasteiger partial charge in [0.05, 0.1) is 17.1 Å². The van der Waals surface area contributed by atoms with Crippen molar-refractivity contribution in [3.63, 3.8) is 0 Å². The Labute approximate surface area is 181 Å². The lowest BCUT2D eigenvalue weighted by Crippen LogP contribution is -2.44. The molecule has 0 N–H and O–H groups in total. The molecular weight excluding hydrogens is 401 g/mol. The molecule has 3 atom stereocenters. The van der Waals surface area contributed by atoms with Gasteiger partial charge in [-0.15, -0.1) is 11.8 Å². The molecule has 3 heterocycles. The van der Waals surface area contributed by atoms with Gasteiger partial charge in [-0.25, -0.2) is 4.39 Å². The number of ether oxygens (including phenoxy) is 1. The Balaban J connectivity index is 1.38. The number of halogens is 1. The van der Waals surface area contributed by atoms with Crippen molar-refractivity contribution in [3.05, 3.63) is 40.6 Å². The predicted octanol–water partition coefficient (Wildman–Crippen LogP) is 4.06. The number of thioether (sulfide) groups is 1. The van der Waals surface area contributed by atoms with Gasteiger partial charge in [0.15, 0.2) is 0 Å². The minimum absolute atomic E-state index is 0.117. The number of allylic oxidation sites excluding steroid dienone is 1. The fourth-order valence-electron chi connectivity index (χ4n) is 4.62. The summed E-state index contributed by atoms with van der Waals surface area (Å²) in [5.74, 6) is 0.603. The molecule has 0 radical (unpaired) electrons. The number of hydrogen-bond donors (Lipinski definition) is 0. The van der Waals surface area contributed by atoms with Gasteiger partial charge < -0.3 is 9.64 Å². The van der Waals surface area contributed by atoms with Gasteiger partial charge >= 0.3 is 0 Å². The first-order valence-electron chi connectivity index (χ1n) is 10.8. The summed E-state index contributed by atoms with van der Waals surface area (Å²) in [5.41, 5.74) is 0.117. The quantitative estimate of drug-likeness (QED) is 0.683. The number of carbonyl (C=O) groups excluding carboxylic acids is 1. The van der Waals surface area contributed by atoms with Crippen molar-refractivity contribution in [1.82, 2.24) is 9.80 Å². The van der Waals surface area contributed by atoms with Crippen molar-refractivity contribution in [2.75, 3.05) is 32.0 Å². The minimum Gasteiger partial charge on any atom is -0.493 e. The highest BCUT2D eigenvalue weighted by atomic mass is 32.2. The Kier molecular flexibility index (Phi) is 6.64. The van der Waals surface area contributed by atoms with Crippen LogP contribution in [0.1, 0.15) is 43.0 Å². The number of benzene rings is 1. The molecule has 1 aromatic rings. The zero-order chi connectivity index (χ0) is 21.1. The van der Waals surface area contributed by atoms with Crippen molar-refractivity contribution in [1.29, 1.82) is 5.26 Å². The van der Waals surface area contributed by atoms with Gasteiger partial charge in [-0.2, -0.15) is 5.26 Å². The third-order valence-electron chi connectivity index (χ3n) is 6.36. The first-order chi connectivity index (χ1) is 14.5. The Morgan fingerprint density at radius 3 is 2.87 bits per heavy atom. The molecule has 0 aliphatic carbocycles. The zero-order valence-electron chi connectivity index (χ0n) is 17.3. The van der Waals surface area contributed by atoms with E-state index < -0.39 is 5.82 Å². The summed E-state index contributed by atoms with van der Waals surface area (Å²) in [4.78, 5) is 18.1. The molecule has 160 valence electrons. The molecule has 0 aromatic heterocycles. The summed E-state index contributed by atoms with van der Waals surface area (Å²) in [7, 11) is 0. The van der Waals surface area contributed by atoms with Crippen molar-refractivity contribution in [2.24, 2.45) is 5.92 Å². The summed E-state index contributed by atoms with van der Waals surface area (Å²) in [6, 6.07) is 7.38. The van der Waals surface area contributed by atoms with Crippen LogP contribution in [-0.4, -0.2) is 59.8 Å². The average molecular weight is 430 g/mol. The highest BCUT2D eigenvalue weighted by Gasteiger charge is 2.34. The predicted molar refractivity (Wildman–Crippen MR) is 116 cm³/mol. The number of hydrogen-bond acceptors (Lipinski definition) is 5. The standard InChI is InChI=1S/C23H28FN3O2S/c1-16-4-2-8-26(16)13-18-5-3-9-27(18)23(28)21-7-6-19(11-22(21)24)29-14-17-10-20(12-25)30-15-17/h6-7,10-11,16-18H,2-5,8-9,13-15H2,1H3. The molecule has 3 unspecified atom stereocenters. The van der Waals surface area contributed by atoms with Gasteiger partial charge in [0.2, 0.25) is 0 Å². The van der Waals surface area contributed by atoms with Crippen LogP contribution < -0.4 is 4.74 Å². The largest absolute Gasteiger partial charge is 0.493 e. The molecular formula is C23H28FN3O2S. The number of rotatable bonds is 6. The van der Waals surface area contributed by atoms with E-state index in [-0.39, 0.29) is 23.4 Å². The molecule has 0 bridgehead atoms. The fourth-order valence-corrected chi connectivity index (χ4v) is 5.56. The zero-order valence-corrected chi connectivity index (χ0v) is 18.2. The molecule has 1 amide bonds. The number of nitriles is 1. The number of carbonyl (C=O) groups is 1. The SMILES string of the molecule is CC1CCCN1CC1CCCN1C(=O)c1ccc(OCC2C=C(C#N)SC2)cc1F. The van der Waals surface area contributed by atoms with Crippen LogP contribution >= 0.6 is 11.8 Å². The fraction of sp³-hybridized carbons (Fsp3) is 0.565. The second-order valence-corrected chi connectivity index (χ2v) is 9.51. The molecule has 4 rings (SSSR count). The lowest BCUT2D eigenvalue weighted by Gasteiger charge is -2.31. The van der Waals surface area contributed by atoms with Crippen LogP contribution in [0.15, 0.2) is 29.2 Å². The lowest BCUT2D eigenvalue weighted by atomic mass is 10.1.